The molecule has 1 rings (SSSR count). The maximum atomic E-state index is 11.6. The lowest BCUT2D eigenvalue weighted by Gasteiger charge is -2.28. The first kappa shape index (κ1) is 13.8. The molecule has 0 radical (unpaired) electrons. The highest BCUT2D eigenvalue weighted by molar-refractivity contribution is 4.73. The first-order valence-electron chi connectivity index (χ1n) is 5.90. The van der Waals surface area contributed by atoms with Gasteiger partial charge in [0.2, 0.25) is 0 Å². The van der Waals surface area contributed by atoms with Gasteiger partial charge < -0.3 is 5.32 Å². The third-order valence-corrected chi connectivity index (χ3v) is 3.24. The molecule has 1 saturated carbocycles. The molecule has 2 atom stereocenters. The lowest BCUT2D eigenvalue weighted by Crippen LogP contribution is -2.32. The van der Waals surface area contributed by atoms with Crippen LogP contribution in [0.3, 0.4) is 0 Å². The maximum Gasteiger partial charge on any atom is 0.522 e. The van der Waals surface area contributed by atoms with Gasteiger partial charge in [-0.25, -0.2) is 0 Å². The smallest absolute Gasteiger partial charge is 0.314 e. The van der Waals surface area contributed by atoms with Crippen molar-refractivity contribution in [2.45, 2.75) is 39.0 Å². The summed E-state index contributed by atoms with van der Waals surface area (Å²) in [6, 6.07) is 0. The Morgan fingerprint density at radius 1 is 1.25 bits per heavy atom. The number of ether oxygens (including phenoxy) is 1. The summed E-state index contributed by atoms with van der Waals surface area (Å²) in [5.74, 6) is 1.30. The Hall–Kier alpha value is -0.290. The van der Waals surface area contributed by atoms with Crippen LogP contribution in [0, 0.1) is 11.8 Å². The van der Waals surface area contributed by atoms with Gasteiger partial charge in [-0.3, -0.25) is 4.74 Å². The zero-order valence-corrected chi connectivity index (χ0v) is 9.65. The van der Waals surface area contributed by atoms with Crippen LogP contribution in [0.1, 0.15) is 32.6 Å². The molecule has 1 fully saturated rings. The van der Waals surface area contributed by atoms with Crippen molar-refractivity contribution >= 4 is 0 Å². The molecular weight excluding hydrogens is 219 g/mol. The van der Waals surface area contributed by atoms with Crippen molar-refractivity contribution in [3.8, 4) is 0 Å². The van der Waals surface area contributed by atoms with Crippen LogP contribution in [0.15, 0.2) is 0 Å². The van der Waals surface area contributed by atoms with Gasteiger partial charge in [0, 0.05) is 6.54 Å². The topological polar surface area (TPSA) is 21.3 Å². The second-order valence-electron chi connectivity index (χ2n) is 4.52. The number of rotatable bonds is 5. The highest BCUT2D eigenvalue weighted by atomic mass is 19.4. The predicted octanol–water partition coefficient (Wildman–Crippen LogP) is 2.94. The summed E-state index contributed by atoms with van der Waals surface area (Å²) in [5, 5.41) is 3.03. The van der Waals surface area contributed by atoms with E-state index in [0.717, 1.165) is 6.54 Å². The van der Waals surface area contributed by atoms with E-state index in [-0.39, 0.29) is 13.2 Å². The third-order valence-electron chi connectivity index (χ3n) is 3.24. The van der Waals surface area contributed by atoms with Crippen LogP contribution in [0.4, 0.5) is 13.2 Å². The summed E-state index contributed by atoms with van der Waals surface area (Å²) in [6.45, 7) is 2.99. The first-order chi connectivity index (χ1) is 7.49. The number of nitrogens with one attached hydrogen (secondary N) is 1. The Balaban J connectivity index is 2.02. The van der Waals surface area contributed by atoms with Crippen molar-refractivity contribution in [1.29, 1.82) is 0 Å². The molecule has 0 saturated heterocycles. The molecule has 0 aromatic heterocycles. The molecule has 0 amide bonds. The minimum absolute atomic E-state index is 0.267. The molecule has 1 aliphatic rings. The lowest BCUT2D eigenvalue weighted by molar-refractivity contribution is -0.323. The number of halogens is 3. The quantitative estimate of drug-likeness (QED) is 0.745. The van der Waals surface area contributed by atoms with Gasteiger partial charge in [0.25, 0.3) is 0 Å². The summed E-state index contributed by atoms with van der Waals surface area (Å²) in [7, 11) is 0. The molecule has 0 bridgehead atoms. The second-order valence-corrected chi connectivity index (χ2v) is 4.52. The van der Waals surface area contributed by atoms with E-state index in [9.17, 15) is 13.2 Å². The van der Waals surface area contributed by atoms with Crippen molar-refractivity contribution in [2.75, 3.05) is 19.7 Å². The van der Waals surface area contributed by atoms with E-state index < -0.39 is 6.36 Å². The molecule has 0 aromatic carbocycles. The van der Waals surface area contributed by atoms with E-state index in [1.807, 2.05) is 0 Å². The van der Waals surface area contributed by atoms with Crippen molar-refractivity contribution in [3.63, 3.8) is 0 Å². The highest BCUT2D eigenvalue weighted by Gasteiger charge is 2.28. The Morgan fingerprint density at radius 2 is 1.94 bits per heavy atom. The van der Waals surface area contributed by atoms with Crippen LogP contribution < -0.4 is 5.32 Å². The number of hydrogen-bond acceptors (Lipinski definition) is 2. The number of alkyl halides is 3. The summed E-state index contributed by atoms with van der Waals surface area (Å²) < 4.78 is 38.6. The fourth-order valence-corrected chi connectivity index (χ4v) is 2.22. The molecule has 1 N–H and O–H groups in total. The van der Waals surface area contributed by atoms with E-state index in [1.165, 1.54) is 25.7 Å². The molecule has 2 unspecified atom stereocenters. The van der Waals surface area contributed by atoms with E-state index in [2.05, 4.69) is 17.0 Å². The van der Waals surface area contributed by atoms with Gasteiger partial charge in [0.1, 0.15) is 0 Å². The van der Waals surface area contributed by atoms with Gasteiger partial charge in [0.05, 0.1) is 6.61 Å². The molecular formula is C11H20F3NO. The molecule has 0 spiro atoms. The molecule has 0 heterocycles. The lowest BCUT2D eigenvalue weighted by atomic mass is 9.80. The first-order valence-corrected chi connectivity index (χ1v) is 5.90. The predicted molar refractivity (Wildman–Crippen MR) is 56.0 cm³/mol. The van der Waals surface area contributed by atoms with E-state index in [4.69, 9.17) is 0 Å². The Bertz CT molecular complexity index is 196. The fraction of sp³-hybridized carbons (Fsp3) is 1.00. The zero-order chi connectivity index (χ0) is 12.0. The average Bonchev–Trinajstić information content (AvgIpc) is 2.18. The van der Waals surface area contributed by atoms with E-state index in [0.29, 0.717) is 11.8 Å². The minimum atomic E-state index is -4.50. The fourth-order valence-electron chi connectivity index (χ4n) is 2.22. The standard InChI is InChI=1S/C11H20F3NO/c1-9-4-2-3-5-10(9)8-15-6-7-16-11(12,13)14/h9-10,15H,2-8H2,1H3. The van der Waals surface area contributed by atoms with Crippen LogP contribution in [0.2, 0.25) is 0 Å². The average molecular weight is 239 g/mol. The molecule has 16 heavy (non-hydrogen) atoms. The Labute approximate surface area is 94.5 Å². The molecule has 2 nitrogen and oxygen atoms in total. The summed E-state index contributed by atoms with van der Waals surface area (Å²) in [5.41, 5.74) is 0. The monoisotopic (exact) mass is 239 g/mol. The van der Waals surface area contributed by atoms with Gasteiger partial charge in [-0.05, 0) is 24.8 Å². The molecule has 0 aromatic rings. The van der Waals surface area contributed by atoms with E-state index >= 15 is 0 Å². The molecule has 5 heteroatoms. The summed E-state index contributed by atoms with van der Waals surface area (Å²) >= 11 is 0. The maximum absolute atomic E-state index is 11.6. The van der Waals surface area contributed by atoms with Crippen molar-refractivity contribution in [1.82, 2.24) is 5.32 Å². The van der Waals surface area contributed by atoms with Gasteiger partial charge >= 0.3 is 6.36 Å². The SMILES string of the molecule is CC1CCCCC1CNCCOC(F)(F)F. The molecule has 96 valence electrons. The molecule has 0 aliphatic heterocycles. The Morgan fingerprint density at radius 3 is 2.56 bits per heavy atom. The van der Waals surface area contributed by atoms with Gasteiger partial charge in [-0.15, -0.1) is 13.2 Å². The summed E-state index contributed by atoms with van der Waals surface area (Å²) in [4.78, 5) is 0. The van der Waals surface area contributed by atoms with Crippen LogP contribution in [0.5, 0.6) is 0 Å². The summed E-state index contributed by atoms with van der Waals surface area (Å²) in [6.07, 6.45) is 0.462. The van der Waals surface area contributed by atoms with Gasteiger partial charge in [0.15, 0.2) is 0 Å². The Kier molecular flexibility index (Phi) is 5.55. The van der Waals surface area contributed by atoms with Gasteiger partial charge in [-0.1, -0.05) is 26.2 Å². The van der Waals surface area contributed by atoms with Crippen LogP contribution in [-0.4, -0.2) is 26.1 Å². The van der Waals surface area contributed by atoms with Crippen LogP contribution >= 0.6 is 0 Å². The largest absolute Gasteiger partial charge is 0.522 e. The second kappa shape index (κ2) is 6.45. The van der Waals surface area contributed by atoms with Gasteiger partial charge in [-0.2, -0.15) is 0 Å². The van der Waals surface area contributed by atoms with Crippen molar-refractivity contribution in [2.24, 2.45) is 11.8 Å². The molecule has 1 aliphatic carbocycles. The zero-order valence-electron chi connectivity index (χ0n) is 9.65. The van der Waals surface area contributed by atoms with Crippen molar-refractivity contribution < 1.29 is 17.9 Å². The minimum Gasteiger partial charge on any atom is -0.314 e. The number of hydrogen-bond donors (Lipinski definition) is 1. The van der Waals surface area contributed by atoms with Crippen molar-refractivity contribution in [3.05, 3.63) is 0 Å². The third kappa shape index (κ3) is 5.70. The highest BCUT2D eigenvalue weighted by Crippen LogP contribution is 2.28. The van der Waals surface area contributed by atoms with Crippen LogP contribution in [0.25, 0.3) is 0 Å². The van der Waals surface area contributed by atoms with E-state index in [1.54, 1.807) is 0 Å². The van der Waals surface area contributed by atoms with Crippen LogP contribution in [-0.2, 0) is 4.74 Å². The normalized spacial score (nSPS) is 27.0.